The van der Waals surface area contributed by atoms with Crippen LogP contribution in [0.5, 0.6) is 23.0 Å². The van der Waals surface area contributed by atoms with Crippen LogP contribution >= 0.6 is 15.9 Å². The lowest BCUT2D eigenvalue weighted by Gasteiger charge is -2.09. The van der Waals surface area contributed by atoms with Crippen molar-refractivity contribution in [1.29, 1.82) is 5.26 Å². The fourth-order valence-corrected chi connectivity index (χ4v) is 2.82. The van der Waals surface area contributed by atoms with Crippen LogP contribution in [0, 0.1) is 11.3 Å². The summed E-state index contributed by atoms with van der Waals surface area (Å²) < 4.78 is 22.1. The van der Waals surface area contributed by atoms with Crippen molar-refractivity contribution in [1.82, 2.24) is 0 Å². The van der Waals surface area contributed by atoms with Crippen LogP contribution in [0.2, 0.25) is 0 Å². The number of nitrogens with zero attached hydrogens (tertiary/aromatic N) is 1. The molecule has 0 fully saturated rings. The Bertz CT molecular complexity index is 855. The van der Waals surface area contributed by atoms with Crippen LogP contribution in [0.15, 0.2) is 34.8 Å². The molecule has 0 saturated carbocycles. The average Bonchev–Trinajstić information content (AvgIpc) is 3.06. The van der Waals surface area contributed by atoms with Crippen molar-refractivity contribution >= 4 is 27.6 Å². The zero-order valence-corrected chi connectivity index (χ0v) is 14.7. The van der Waals surface area contributed by atoms with Gasteiger partial charge in [0.05, 0.1) is 25.9 Å². The third kappa shape index (κ3) is 3.03. The van der Waals surface area contributed by atoms with Crippen LogP contribution in [-0.2, 0) is 0 Å². The van der Waals surface area contributed by atoms with Gasteiger partial charge in [0.25, 0.3) is 0 Å². The van der Waals surface area contributed by atoms with Gasteiger partial charge < -0.3 is 18.9 Å². The highest BCUT2D eigenvalue weighted by atomic mass is 79.9. The van der Waals surface area contributed by atoms with E-state index in [-0.39, 0.29) is 6.79 Å². The summed E-state index contributed by atoms with van der Waals surface area (Å²) >= 11 is 3.50. The molecule has 0 bridgehead atoms. The molecule has 0 spiro atoms. The van der Waals surface area contributed by atoms with E-state index in [1.165, 1.54) is 0 Å². The molecule has 0 atom stereocenters. The maximum atomic E-state index is 9.55. The van der Waals surface area contributed by atoms with Gasteiger partial charge in [-0.25, -0.2) is 0 Å². The highest BCUT2D eigenvalue weighted by Crippen LogP contribution is 2.38. The van der Waals surface area contributed by atoms with Gasteiger partial charge in [-0.05, 0) is 47.5 Å². The normalized spacial score (nSPS) is 12.7. The van der Waals surface area contributed by atoms with E-state index in [0.717, 1.165) is 15.6 Å². The lowest BCUT2D eigenvalue weighted by atomic mass is 10.0. The number of allylic oxidation sites excluding steroid dienone is 1. The molecule has 0 unspecified atom stereocenters. The van der Waals surface area contributed by atoms with Crippen LogP contribution in [0.4, 0.5) is 0 Å². The van der Waals surface area contributed by atoms with E-state index >= 15 is 0 Å². The van der Waals surface area contributed by atoms with Gasteiger partial charge in [0.15, 0.2) is 23.0 Å². The number of benzene rings is 2. The molecule has 0 radical (unpaired) electrons. The molecule has 2 aromatic rings. The number of ether oxygens (including phenoxy) is 4. The SMILES string of the molecule is COc1ccc(/C(C#N)=C/c2cc3c(cc2Br)OCO3)cc1OC. The van der Waals surface area contributed by atoms with Gasteiger partial charge in [0.2, 0.25) is 6.79 Å². The maximum Gasteiger partial charge on any atom is 0.231 e. The van der Waals surface area contributed by atoms with Crippen LogP contribution in [0.3, 0.4) is 0 Å². The summed E-state index contributed by atoms with van der Waals surface area (Å²) in [7, 11) is 3.13. The smallest absolute Gasteiger partial charge is 0.231 e. The summed E-state index contributed by atoms with van der Waals surface area (Å²) in [5.41, 5.74) is 2.06. The van der Waals surface area contributed by atoms with E-state index in [1.54, 1.807) is 32.4 Å². The summed E-state index contributed by atoms with van der Waals surface area (Å²) in [6, 6.07) is 11.3. The monoisotopic (exact) mass is 387 g/mol. The van der Waals surface area contributed by atoms with Crippen LogP contribution in [0.25, 0.3) is 11.6 Å². The van der Waals surface area contributed by atoms with Crippen LogP contribution in [-0.4, -0.2) is 21.0 Å². The molecule has 3 rings (SSSR count). The molecule has 0 N–H and O–H groups in total. The van der Waals surface area contributed by atoms with Crippen LogP contribution < -0.4 is 18.9 Å². The highest BCUT2D eigenvalue weighted by Gasteiger charge is 2.16. The maximum absolute atomic E-state index is 9.55. The van der Waals surface area contributed by atoms with Crippen molar-refractivity contribution in [3.05, 3.63) is 45.9 Å². The Balaban J connectivity index is 2.03. The molecule has 1 aliphatic rings. The molecule has 0 saturated heterocycles. The van der Waals surface area contributed by atoms with Gasteiger partial charge >= 0.3 is 0 Å². The molecule has 122 valence electrons. The molecular weight excluding hydrogens is 374 g/mol. The molecule has 6 heteroatoms. The third-order valence-corrected chi connectivity index (χ3v) is 4.29. The van der Waals surface area contributed by atoms with Crippen molar-refractivity contribution in [3.8, 4) is 29.1 Å². The first kappa shape index (κ1) is 16.2. The molecule has 0 aliphatic carbocycles. The molecule has 0 aromatic heterocycles. The Kier molecular flexibility index (Phi) is 4.63. The van der Waals surface area contributed by atoms with E-state index in [1.807, 2.05) is 18.2 Å². The predicted molar refractivity (Wildman–Crippen MR) is 93.3 cm³/mol. The number of rotatable bonds is 4. The Morgan fingerprint density at radius 2 is 1.83 bits per heavy atom. The Labute approximate surface area is 148 Å². The fourth-order valence-electron chi connectivity index (χ4n) is 2.38. The van der Waals surface area contributed by atoms with E-state index in [9.17, 15) is 5.26 Å². The van der Waals surface area contributed by atoms with E-state index in [0.29, 0.717) is 28.6 Å². The second kappa shape index (κ2) is 6.85. The molecule has 24 heavy (non-hydrogen) atoms. The summed E-state index contributed by atoms with van der Waals surface area (Å²) in [5, 5.41) is 9.55. The first-order valence-corrected chi connectivity index (χ1v) is 7.89. The Morgan fingerprint density at radius 1 is 1.12 bits per heavy atom. The summed E-state index contributed by atoms with van der Waals surface area (Å²) in [4.78, 5) is 0. The highest BCUT2D eigenvalue weighted by molar-refractivity contribution is 9.10. The first-order chi connectivity index (χ1) is 11.7. The predicted octanol–water partition coefficient (Wildman–Crippen LogP) is 4.26. The van der Waals surface area contributed by atoms with Gasteiger partial charge in [0, 0.05) is 4.47 Å². The molecular formula is C18H14BrNO4. The van der Waals surface area contributed by atoms with Gasteiger partial charge in [-0.3, -0.25) is 0 Å². The molecule has 1 aliphatic heterocycles. The number of hydrogen-bond donors (Lipinski definition) is 0. The second-order valence-corrected chi connectivity index (χ2v) is 5.82. The van der Waals surface area contributed by atoms with Crippen molar-refractivity contribution in [2.24, 2.45) is 0 Å². The van der Waals surface area contributed by atoms with Crippen molar-refractivity contribution in [2.45, 2.75) is 0 Å². The van der Waals surface area contributed by atoms with Crippen LogP contribution in [0.1, 0.15) is 11.1 Å². The minimum absolute atomic E-state index is 0.204. The van der Waals surface area contributed by atoms with E-state index < -0.39 is 0 Å². The number of hydrogen-bond acceptors (Lipinski definition) is 5. The fraction of sp³-hybridized carbons (Fsp3) is 0.167. The van der Waals surface area contributed by atoms with Crippen molar-refractivity contribution in [3.63, 3.8) is 0 Å². The average molecular weight is 388 g/mol. The second-order valence-electron chi connectivity index (χ2n) is 4.97. The number of fused-ring (bicyclic) bond motifs is 1. The zero-order chi connectivity index (χ0) is 17.1. The van der Waals surface area contributed by atoms with E-state index in [4.69, 9.17) is 18.9 Å². The Morgan fingerprint density at radius 3 is 2.50 bits per heavy atom. The van der Waals surface area contributed by atoms with Crippen molar-refractivity contribution < 1.29 is 18.9 Å². The Hall–Kier alpha value is -2.65. The van der Waals surface area contributed by atoms with Gasteiger partial charge in [0.1, 0.15) is 0 Å². The molecule has 0 amide bonds. The minimum Gasteiger partial charge on any atom is -0.493 e. The molecule has 1 heterocycles. The lowest BCUT2D eigenvalue weighted by molar-refractivity contribution is 0.174. The minimum atomic E-state index is 0.204. The zero-order valence-electron chi connectivity index (χ0n) is 13.1. The number of nitriles is 1. The topological polar surface area (TPSA) is 60.7 Å². The quantitative estimate of drug-likeness (QED) is 0.579. The van der Waals surface area contributed by atoms with Gasteiger partial charge in [-0.15, -0.1) is 0 Å². The first-order valence-electron chi connectivity index (χ1n) is 7.09. The largest absolute Gasteiger partial charge is 0.493 e. The van der Waals surface area contributed by atoms with Gasteiger partial charge in [-0.1, -0.05) is 15.9 Å². The molecule has 2 aromatic carbocycles. The standard InChI is InChI=1S/C18H14BrNO4/c1-21-15-4-3-11(6-16(15)22-2)13(9-20)5-12-7-17-18(8-14(12)19)24-10-23-17/h3-8H,10H2,1-2H3/b13-5+. The number of halogens is 1. The summed E-state index contributed by atoms with van der Waals surface area (Å²) in [5.74, 6) is 2.53. The number of methoxy groups -OCH3 is 2. The van der Waals surface area contributed by atoms with Crippen molar-refractivity contribution in [2.75, 3.05) is 21.0 Å². The lowest BCUT2D eigenvalue weighted by Crippen LogP contribution is -1.93. The summed E-state index contributed by atoms with van der Waals surface area (Å²) in [6.45, 7) is 0.204. The van der Waals surface area contributed by atoms with Gasteiger partial charge in [-0.2, -0.15) is 5.26 Å². The third-order valence-electron chi connectivity index (χ3n) is 3.61. The van der Waals surface area contributed by atoms with E-state index in [2.05, 4.69) is 22.0 Å². The summed E-state index contributed by atoms with van der Waals surface area (Å²) in [6.07, 6.45) is 1.79. The molecule has 5 nitrogen and oxygen atoms in total.